The van der Waals surface area contributed by atoms with Crippen LogP contribution in [-0.4, -0.2) is 9.97 Å². The van der Waals surface area contributed by atoms with Crippen molar-refractivity contribution in [1.29, 1.82) is 0 Å². The van der Waals surface area contributed by atoms with E-state index < -0.39 is 0 Å². The number of aryl methyl sites for hydroxylation is 2. The van der Waals surface area contributed by atoms with Crippen molar-refractivity contribution in [1.82, 2.24) is 9.97 Å². The maximum Gasteiger partial charge on any atom is 0.160 e. The van der Waals surface area contributed by atoms with Gasteiger partial charge in [-0.25, -0.2) is 9.97 Å². The van der Waals surface area contributed by atoms with E-state index in [1.54, 1.807) is 0 Å². The first-order chi connectivity index (χ1) is 8.49. The molecule has 0 aliphatic heterocycles. The van der Waals surface area contributed by atoms with Crippen LogP contribution in [0.25, 0.3) is 11.4 Å². The molecule has 0 aliphatic carbocycles. The summed E-state index contributed by atoms with van der Waals surface area (Å²) in [7, 11) is 0. The Bertz CT molecular complexity index is 579. The van der Waals surface area contributed by atoms with Gasteiger partial charge in [-0.05, 0) is 38.5 Å². The Morgan fingerprint density at radius 3 is 2.56 bits per heavy atom. The average molecular weight is 306 g/mol. The van der Waals surface area contributed by atoms with Crippen molar-refractivity contribution in [2.75, 3.05) is 0 Å². The molecular weight excluding hydrogens is 290 g/mol. The van der Waals surface area contributed by atoms with Crippen molar-refractivity contribution < 1.29 is 0 Å². The maximum absolute atomic E-state index is 5.86. The van der Waals surface area contributed by atoms with Crippen LogP contribution < -0.4 is 5.73 Å². The second kappa shape index (κ2) is 5.16. The summed E-state index contributed by atoms with van der Waals surface area (Å²) in [6, 6.07) is 6.10. The number of hydrogen-bond donors (Lipinski definition) is 1. The van der Waals surface area contributed by atoms with E-state index in [1.807, 2.05) is 26.1 Å². The molecule has 2 aromatic rings. The predicted octanol–water partition coefficient (Wildman–Crippen LogP) is 3.54. The second-order valence-electron chi connectivity index (χ2n) is 4.51. The van der Waals surface area contributed by atoms with Gasteiger partial charge in [0.1, 0.15) is 0 Å². The first-order valence-electron chi connectivity index (χ1n) is 5.84. The summed E-state index contributed by atoms with van der Waals surface area (Å²) in [5, 5.41) is 0. The zero-order valence-electron chi connectivity index (χ0n) is 10.7. The van der Waals surface area contributed by atoms with Crippen LogP contribution in [0, 0.1) is 13.8 Å². The molecule has 0 amide bonds. The lowest BCUT2D eigenvalue weighted by Crippen LogP contribution is -2.09. The van der Waals surface area contributed by atoms with E-state index >= 15 is 0 Å². The lowest BCUT2D eigenvalue weighted by atomic mass is 10.1. The van der Waals surface area contributed by atoms with Crippen molar-refractivity contribution >= 4 is 15.9 Å². The molecule has 0 bridgehead atoms. The summed E-state index contributed by atoms with van der Waals surface area (Å²) in [6.07, 6.45) is 1.81. The Kier molecular flexibility index (Phi) is 3.78. The van der Waals surface area contributed by atoms with E-state index in [4.69, 9.17) is 5.73 Å². The highest BCUT2D eigenvalue weighted by Crippen LogP contribution is 2.27. The zero-order valence-corrected chi connectivity index (χ0v) is 12.3. The fourth-order valence-electron chi connectivity index (χ4n) is 1.85. The molecule has 0 saturated heterocycles. The number of rotatable bonds is 2. The van der Waals surface area contributed by atoms with Gasteiger partial charge in [0.2, 0.25) is 0 Å². The van der Waals surface area contributed by atoms with Gasteiger partial charge in [-0.3, -0.25) is 0 Å². The van der Waals surface area contributed by atoms with Gasteiger partial charge in [0.25, 0.3) is 0 Å². The summed E-state index contributed by atoms with van der Waals surface area (Å²) >= 11 is 3.55. The quantitative estimate of drug-likeness (QED) is 0.923. The van der Waals surface area contributed by atoms with Crippen LogP contribution in [-0.2, 0) is 0 Å². The molecule has 1 atom stereocenters. The Morgan fingerprint density at radius 2 is 2.00 bits per heavy atom. The van der Waals surface area contributed by atoms with E-state index in [1.165, 1.54) is 5.56 Å². The third-order valence-corrected chi connectivity index (χ3v) is 3.53. The lowest BCUT2D eigenvalue weighted by molar-refractivity contribution is 0.790. The molecule has 1 heterocycles. The third-order valence-electron chi connectivity index (χ3n) is 2.87. The first kappa shape index (κ1) is 13.2. The molecular formula is C14H16BrN3. The Hall–Kier alpha value is -1.26. The van der Waals surface area contributed by atoms with E-state index in [-0.39, 0.29) is 6.04 Å². The average Bonchev–Trinajstić information content (AvgIpc) is 2.28. The normalized spacial score (nSPS) is 12.5. The Labute approximate surface area is 116 Å². The number of halogens is 1. The van der Waals surface area contributed by atoms with Gasteiger partial charge in [-0.1, -0.05) is 22.0 Å². The predicted molar refractivity (Wildman–Crippen MR) is 77.2 cm³/mol. The number of nitrogens with two attached hydrogens (primary N) is 1. The molecule has 3 nitrogen and oxygen atoms in total. The molecule has 1 aromatic carbocycles. The summed E-state index contributed by atoms with van der Waals surface area (Å²) in [5.74, 6) is 0.726. The Balaban J connectivity index is 2.49. The fourth-order valence-corrected chi connectivity index (χ4v) is 2.53. The van der Waals surface area contributed by atoms with Gasteiger partial charge in [0, 0.05) is 33.5 Å². The molecule has 2 rings (SSSR count). The minimum Gasteiger partial charge on any atom is -0.324 e. The van der Waals surface area contributed by atoms with Crippen LogP contribution in [0.2, 0.25) is 0 Å². The number of hydrogen-bond acceptors (Lipinski definition) is 3. The lowest BCUT2D eigenvalue weighted by Gasteiger charge is -2.10. The van der Waals surface area contributed by atoms with Crippen LogP contribution in [0.15, 0.2) is 28.9 Å². The van der Waals surface area contributed by atoms with Crippen molar-refractivity contribution in [3.63, 3.8) is 0 Å². The molecule has 0 saturated carbocycles. The van der Waals surface area contributed by atoms with Crippen molar-refractivity contribution in [3.8, 4) is 11.4 Å². The van der Waals surface area contributed by atoms with E-state index in [9.17, 15) is 0 Å². The van der Waals surface area contributed by atoms with E-state index in [0.29, 0.717) is 0 Å². The molecule has 0 fully saturated rings. The minimum absolute atomic E-state index is 0.0412. The van der Waals surface area contributed by atoms with Crippen molar-refractivity contribution in [2.24, 2.45) is 5.73 Å². The Morgan fingerprint density at radius 1 is 1.28 bits per heavy atom. The highest BCUT2D eigenvalue weighted by molar-refractivity contribution is 9.10. The molecule has 94 valence electrons. The van der Waals surface area contributed by atoms with Crippen LogP contribution in [0.1, 0.15) is 29.8 Å². The van der Waals surface area contributed by atoms with Gasteiger partial charge in [-0.2, -0.15) is 0 Å². The summed E-state index contributed by atoms with van der Waals surface area (Å²) in [5.41, 5.74) is 9.99. The molecule has 0 spiro atoms. The monoisotopic (exact) mass is 305 g/mol. The largest absolute Gasteiger partial charge is 0.324 e. The van der Waals surface area contributed by atoms with Crippen LogP contribution >= 0.6 is 15.9 Å². The molecule has 18 heavy (non-hydrogen) atoms. The summed E-state index contributed by atoms with van der Waals surface area (Å²) in [6.45, 7) is 5.96. The molecule has 0 aliphatic rings. The molecule has 1 aromatic heterocycles. The first-order valence-corrected chi connectivity index (χ1v) is 6.64. The van der Waals surface area contributed by atoms with Crippen LogP contribution in [0.5, 0.6) is 0 Å². The van der Waals surface area contributed by atoms with Gasteiger partial charge in [0.05, 0.1) is 0 Å². The molecule has 4 heteroatoms. The maximum atomic E-state index is 5.86. The summed E-state index contributed by atoms with van der Waals surface area (Å²) in [4.78, 5) is 8.93. The molecule has 0 unspecified atom stereocenters. The van der Waals surface area contributed by atoms with Crippen molar-refractivity contribution in [3.05, 3.63) is 45.7 Å². The van der Waals surface area contributed by atoms with E-state index in [2.05, 4.69) is 45.0 Å². The van der Waals surface area contributed by atoms with Gasteiger partial charge in [0.15, 0.2) is 5.82 Å². The summed E-state index contributed by atoms with van der Waals surface area (Å²) < 4.78 is 1.01. The number of nitrogens with zero attached hydrogens (tertiary/aromatic N) is 2. The second-order valence-corrected chi connectivity index (χ2v) is 5.36. The number of aromatic nitrogens is 2. The SMILES string of the molecule is Cc1ccc(-c2ncc([C@H](C)N)c(C)n2)c(Br)c1. The van der Waals surface area contributed by atoms with Crippen LogP contribution in [0.3, 0.4) is 0 Å². The standard InChI is InChI=1S/C14H16BrN3/c1-8-4-5-11(13(15)6-8)14-17-7-12(9(2)16)10(3)18-14/h4-7,9H,16H2,1-3H3/t9-/m0/s1. The highest BCUT2D eigenvalue weighted by atomic mass is 79.9. The van der Waals surface area contributed by atoms with E-state index in [0.717, 1.165) is 27.1 Å². The van der Waals surface area contributed by atoms with Crippen molar-refractivity contribution in [2.45, 2.75) is 26.8 Å². The third kappa shape index (κ3) is 2.60. The van der Waals surface area contributed by atoms with Gasteiger partial charge < -0.3 is 5.73 Å². The van der Waals surface area contributed by atoms with Crippen LogP contribution in [0.4, 0.5) is 0 Å². The fraction of sp³-hybridized carbons (Fsp3) is 0.286. The minimum atomic E-state index is -0.0412. The number of benzene rings is 1. The highest BCUT2D eigenvalue weighted by Gasteiger charge is 2.10. The smallest absolute Gasteiger partial charge is 0.160 e. The topological polar surface area (TPSA) is 51.8 Å². The van der Waals surface area contributed by atoms with Gasteiger partial charge in [-0.15, -0.1) is 0 Å². The molecule has 0 radical (unpaired) electrons. The molecule has 2 N–H and O–H groups in total. The zero-order chi connectivity index (χ0) is 13.3. The van der Waals surface area contributed by atoms with Gasteiger partial charge >= 0.3 is 0 Å².